The largest absolute Gasteiger partial charge is 0.396 e. The molecule has 21 heavy (non-hydrogen) atoms. The van der Waals surface area contributed by atoms with Crippen LogP contribution in [0.3, 0.4) is 0 Å². The molecule has 1 aromatic carbocycles. The van der Waals surface area contributed by atoms with E-state index >= 15 is 0 Å². The molecule has 2 aromatic rings. The Morgan fingerprint density at radius 1 is 1.29 bits per heavy atom. The number of nitrogens with one attached hydrogen (secondary N) is 1. The van der Waals surface area contributed by atoms with Crippen LogP contribution in [0, 0.1) is 0 Å². The Hall–Kier alpha value is -0.770. The molecule has 6 nitrogen and oxygen atoms in total. The fraction of sp³-hybridized carbons (Fsp3) is 0.250. The van der Waals surface area contributed by atoms with Crippen molar-refractivity contribution in [1.29, 1.82) is 0 Å². The van der Waals surface area contributed by atoms with Gasteiger partial charge in [0.1, 0.15) is 6.54 Å². The number of anilines is 1. The number of hydrogen-bond acceptors (Lipinski definition) is 4. The Labute approximate surface area is 146 Å². The summed E-state index contributed by atoms with van der Waals surface area (Å²) in [5, 5.41) is 19.3. The van der Waals surface area contributed by atoms with Gasteiger partial charge in [-0.05, 0) is 44.0 Å². The second kappa shape index (κ2) is 7.48. The quantitative estimate of drug-likeness (QED) is 0.686. The molecule has 0 aliphatic heterocycles. The second-order valence-electron chi connectivity index (χ2n) is 4.17. The van der Waals surface area contributed by atoms with Crippen molar-refractivity contribution in [3.05, 3.63) is 37.4 Å². The normalized spacial score (nSPS) is 10.7. The summed E-state index contributed by atoms with van der Waals surface area (Å²) >= 11 is 10.2. The highest BCUT2D eigenvalue weighted by atomic mass is 79.9. The van der Waals surface area contributed by atoms with Crippen LogP contribution in [0.5, 0.6) is 0 Å². The Morgan fingerprint density at radius 2 is 1.95 bits per heavy atom. The number of carbonyl (C=O) groups excluding carboxylic acids is 1. The fourth-order valence-corrected chi connectivity index (χ4v) is 4.09. The van der Waals surface area contributed by atoms with Gasteiger partial charge in [0.2, 0.25) is 5.91 Å². The maximum Gasteiger partial charge on any atom is 0.246 e. The Morgan fingerprint density at radius 3 is 2.57 bits per heavy atom. The number of aromatic nitrogens is 3. The SMILES string of the molecule is O=C(Cn1cc(CCO)nn1)Nc1c(Br)cc(Br)cc1Br. The topological polar surface area (TPSA) is 80.0 Å². The van der Waals surface area contributed by atoms with Crippen LogP contribution in [0.1, 0.15) is 5.69 Å². The summed E-state index contributed by atoms with van der Waals surface area (Å²) in [5.41, 5.74) is 1.30. The van der Waals surface area contributed by atoms with E-state index in [-0.39, 0.29) is 19.1 Å². The number of carbonyl (C=O) groups is 1. The molecule has 2 N–H and O–H groups in total. The summed E-state index contributed by atoms with van der Waals surface area (Å²) < 4.78 is 3.85. The van der Waals surface area contributed by atoms with E-state index in [4.69, 9.17) is 5.11 Å². The Balaban J connectivity index is 2.04. The van der Waals surface area contributed by atoms with Crippen molar-refractivity contribution in [1.82, 2.24) is 15.0 Å². The van der Waals surface area contributed by atoms with Crippen molar-refractivity contribution in [2.45, 2.75) is 13.0 Å². The summed E-state index contributed by atoms with van der Waals surface area (Å²) in [6.07, 6.45) is 2.06. The molecule has 1 amide bonds. The van der Waals surface area contributed by atoms with E-state index in [1.807, 2.05) is 12.1 Å². The van der Waals surface area contributed by atoms with Crippen LogP contribution in [0.15, 0.2) is 31.7 Å². The lowest BCUT2D eigenvalue weighted by Crippen LogP contribution is -2.19. The average Bonchev–Trinajstić information content (AvgIpc) is 2.81. The molecule has 1 heterocycles. The van der Waals surface area contributed by atoms with Gasteiger partial charge in [0, 0.05) is 32.6 Å². The third kappa shape index (κ3) is 4.60. The van der Waals surface area contributed by atoms with E-state index in [9.17, 15) is 4.79 Å². The molecule has 1 aromatic heterocycles. The number of amides is 1. The molecule has 0 unspecified atom stereocenters. The number of halogens is 3. The molecular formula is C12H11Br3N4O2. The Kier molecular flexibility index (Phi) is 5.91. The zero-order chi connectivity index (χ0) is 15.4. The lowest BCUT2D eigenvalue weighted by Gasteiger charge is -2.10. The number of nitrogens with zero attached hydrogens (tertiary/aromatic N) is 3. The van der Waals surface area contributed by atoms with Crippen molar-refractivity contribution in [3.63, 3.8) is 0 Å². The Bertz CT molecular complexity index is 637. The minimum atomic E-state index is -0.223. The smallest absolute Gasteiger partial charge is 0.246 e. The monoisotopic (exact) mass is 480 g/mol. The van der Waals surface area contributed by atoms with E-state index in [1.54, 1.807) is 6.20 Å². The first-order valence-electron chi connectivity index (χ1n) is 5.94. The summed E-state index contributed by atoms with van der Waals surface area (Å²) in [7, 11) is 0. The summed E-state index contributed by atoms with van der Waals surface area (Å²) in [4.78, 5) is 12.0. The van der Waals surface area contributed by atoms with Crippen LogP contribution >= 0.6 is 47.8 Å². The fourth-order valence-electron chi connectivity index (χ4n) is 1.63. The molecule has 0 atom stereocenters. The van der Waals surface area contributed by atoms with E-state index < -0.39 is 0 Å². The molecule has 0 spiro atoms. The van der Waals surface area contributed by atoms with Crippen LogP contribution in [0.25, 0.3) is 0 Å². The van der Waals surface area contributed by atoms with E-state index in [1.165, 1.54) is 4.68 Å². The maximum absolute atomic E-state index is 12.0. The van der Waals surface area contributed by atoms with E-state index in [2.05, 4.69) is 63.4 Å². The van der Waals surface area contributed by atoms with Gasteiger partial charge in [-0.1, -0.05) is 21.1 Å². The molecule has 0 fully saturated rings. The molecule has 0 radical (unpaired) electrons. The molecule has 0 saturated heterocycles. The molecule has 2 rings (SSSR count). The van der Waals surface area contributed by atoms with Gasteiger partial charge in [-0.2, -0.15) is 0 Å². The van der Waals surface area contributed by atoms with Gasteiger partial charge < -0.3 is 10.4 Å². The summed E-state index contributed by atoms with van der Waals surface area (Å²) in [6, 6.07) is 3.68. The maximum atomic E-state index is 12.0. The molecule has 0 bridgehead atoms. The lowest BCUT2D eigenvalue weighted by molar-refractivity contribution is -0.116. The number of aliphatic hydroxyl groups is 1. The van der Waals surface area contributed by atoms with Gasteiger partial charge in [0.25, 0.3) is 0 Å². The molecule has 0 saturated carbocycles. The number of rotatable bonds is 5. The van der Waals surface area contributed by atoms with Crippen molar-refractivity contribution in [2.24, 2.45) is 0 Å². The highest BCUT2D eigenvalue weighted by Crippen LogP contribution is 2.34. The molecule has 0 aliphatic rings. The molecule has 0 aliphatic carbocycles. The van der Waals surface area contributed by atoms with Gasteiger partial charge in [-0.25, -0.2) is 4.68 Å². The predicted octanol–water partition coefficient (Wildman–Crippen LogP) is 2.74. The van der Waals surface area contributed by atoms with Crippen molar-refractivity contribution in [3.8, 4) is 0 Å². The first kappa shape index (κ1) is 16.6. The van der Waals surface area contributed by atoms with Gasteiger partial charge in [0.15, 0.2) is 0 Å². The zero-order valence-electron chi connectivity index (χ0n) is 10.7. The minimum absolute atomic E-state index is 0.00365. The van der Waals surface area contributed by atoms with E-state index in [0.717, 1.165) is 13.4 Å². The van der Waals surface area contributed by atoms with Crippen LogP contribution in [0.4, 0.5) is 5.69 Å². The molecular weight excluding hydrogens is 472 g/mol. The van der Waals surface area contributed by atoms with Gasteiger partial charge in [-0.3, -0.25) is 4.79 Å². The van der Waals surface area contributed by atoms with E-state index in [0.29, 0.717) is 17.8 Å². The highest BCUT2D eigenvalue weighted by Gasteiger charge is 2.12. The summed E-state index contributed by atoms with van der Waals surface area (Å²) in [6.45, 7) is 0.0526. The molecule has 112 valence electrons. The predicted molar refractivity (Wildman–Crippen MR) is 89.0 cm³/mol. The minimum Gasteiger partial charge on any atom is -0.396 e. The third-order valence-corrected chi connectivity index (χ3v) is 4.24. The molecule has 9 heteroatoms. The van der Waals surface area contributed by atoms with Crippen LogP contribution in [-0.4, -0.2) is 32.6 Å². The standard InChI is InChI=1S/C12H11Br3N4O2/c13-7-3-9(14)12(10(15)4-7)16-11(21)6-19-5-8(1-2-20)17-18-19/h3-5,20H,1-2,6H2,(H,16,21). The summed E-state index contributed by atoms with van der Waals surface area (Å²) in [5.74, 6) is -0.223. The lowest BCUT2D eigenvalue weighted by atomic mass is 10.3. The third-order valence-electron chi connectivity index (χ3n) is 2.53. The van der Waals surface area contributed by atoms with Crippen molar-refractivity contribution in [2.75, 3.05) is 11.9 Å². The van der Waals surface area contributed by atoms with Crippen molar-refractivity contribution < 1.29 is 9.90 Å². The second-order valence-corrected chi connectivity index (χ2v) is 6.80. The first-order valence-corrected chi connectivity index (χ1v) is 8.31. The zero-order valence-corrected chi connectivity index (χ0v) is 15.4. The van der Waals surface area contributed by atoms with Crippen LogP contribution in [-0.2, 0) is 17.8 Å². The highest BCUT2D eigenvalue weighted by molar-refractivity contribution is 9.11. The average molecular weight is 483 g/mol. The van der Waals surface area contributed by atoms with Gasteiger partial charge in [-0.15, -0.1) is 5.10 Å². The number of hydrogen-bond donors (Lipinski definition) is 2. The van der Waals surface area contributed by atoms with Gasteiger partial charge in [0.05, 0.1) is 11.4 Å². The van der Waals surface area contributed by atoms with Crippen molar-refractivity contribution >= 4 is 59.4 Å². The first-order chi connectivity index (χ1) is 9.99. The number of aliphatic hydroxyl groups excluding tert-OH is 1. The van der Waals surface area contributed by atoms with Crippen LogP contribution < -0.4 is 5.32 Å². The van der Waals surface area contributed by atoms with Crippen LogP contribution in [0.2, 0.25) is 0 Å². The number of benzene rings is 1. The van der Waals surface area contributed by atoms with Gasteiger partial charge >= 0.3 is 0 Å².